The first kappa shape index (κ1) is 16.4. The van der Waals surface area contributed by atoms with Crippen LogP contribution in [-0.4, -0.2) is 30.1 Å². The molecule has 1 amide bonds. The van der Waals surface area contributed by atoms with E-state index < -0.39 is 30.4 Å². The summed E-state index contributed by atoms with van der Waals surface area (Å²) in [7, 11) is 0. The Bertz CT molecular complexity index is 617. The maximum Gasteiger partial charge on any atom is 0.471 e. The van der Waals surface area contributed by atoms with Crippen LogP contribution in [0, 0.1) is 0 Å². The highest BCUT2D eigenvalue weighted by Crippen LogP contribution is 2.34. The number of carbonyl (C=O) groups is 1. The van der Waals surface area contributed by atoms with Crippen LogP contribution in [0.1, 0.15) is 16.7 Å². The predicted octanol–water partition coefficient (Wildman–Crippen LogP) is 3.67. The Balaban J connectivity index is 2.33. The average Bonchev–Trinajstić information content (AvgIpc) is 2.55. The summed E-state index contributed by atoms with van der Waals surface area (Å²) in [5, 5.41) is 0. The molecule has 1 aliphatic rings. The zero-order valence-corrected chi connectivity index (χ0v) is 11.2. The summed E-state index contributed by atoms with van der Waals surface area (Å²) >= 11 is 0. The lowest BCUT2D eigenvalue weighted by molar-refractivity contribution is -0.184. The summed E-state index contributed by atoms with van der Waals surface area (Å²) in [6.07, 6.45) is -9.54. The van der Waals surface area contributed by atoms with Crippen molar-refractivity contribution in [1.82, 2.24) is 4.90 Å². The second kappa shape index (κ2) is 5.33. The van der Waals surface area contributed by atoms with Crippen molar-refractivity contribution in [2.24, 2.45) is 0 Å². The number of hydrogen-bond donors (Lipinski definition) is 0. The van der Waals surface area contributed by atoms with Crippen molar-refractivity contribution < 1.29 is 31.1 Å². The van der Waals surface area contributed by atoms with Gasteiger partial charge in [0.1, 0.15) is 0 Å². The molecule has 1 aromatic carbocycles. The molecule has 0 spiro atoms. The number of hydrogen-bond acceptors (Lipinski definition) is 1. The summed E-state index contributed by atoms with van der Waals surface area (Å²) in [4.78, 5) is 11.8. The van der Waals surface area contributed by atoms with Crippen LogP contribution < -0.4 is 0 Å². The van der Waals surface area contributed by atoms with Crippen LogP contribution in [-0.2, 0) is 17.4 Å². The fourth-order valence-corrected chi connectivity index (χ4v) is 2.30. The first-order valence-electron chi connectivity index (χ1n) is 6.24. The fraction of sp³-hybridized carbons (Fsp3) is 0.357. The number of fused-ring (bicyclic) bond motifs is 1. The smallest absolute Gasteiger partial charge is 0.330 e. The molecule has 120 valence electrons. The molecule has 22 heavy (non-hydrogen) atoms. The summed E-state index contributed by atoms with van der Waals surface area (Å²) < 4.78 is 75.5. The Morgan fingerprint density at radius 1 is 1.14 bits per heavy atom. The topological polar surface area (TPSA) is 20.3 Å². The normalized spacial score (nSPS) is 16.3. The Morgan fingerprint density at radius 3 is 2.32 bits per heavy atom. The van der Waals surface area contributed by atoms with Crippen LogP contribution in [0.3, 0.4) is 0 Å². The standard InChI is InChI=1S/C14H11F6NO/c1-8-7-21(12(22)14(18,19)20)5-4-9-2-3-10(6-11(8)9)13(15,16)17/h2-3,6H,1,4-5,7H2. The lowest BCUT2D eigenvalue weighted by atomic mass is 9.97. The third-order valence-electron chi connectivity index (χ3n) is 3.38. The van der Waals surface area contributed by atoms with Crippen LogP contribution >= 0.6 is 0 Å². The average molecular weight is 323 g/mol. The van der Waals surface area contributed by atoms with Gasteiger partial charge in [0.15, 0.2) is 0 Å². The molecule has 1 aliphatic heterocycles. The van der Waals surface area contributed by atoms with Crippen LogP contribution in [0.5, 0.6) is 0 Å². The van der Waals surface area contributed by atoms with Crippen LogP contribution in [0.2, 0.25) is 0 Å². The number of halogens is 6. The van der Waals surface area contributed by atoms with Gasteiger partial charge in [-0.3, -0.25) is 4.79 Å². The lowest BCUT2D eigenvalue weighted by Crippen LogP contribution is -2.42. The van der Waals surface area contributed by atoms with Crippen molar-refractivity contribution in [2.45, 2.75) is 18.8 Å². The molecule has 1 heterocycles. The molecule has 2 nitrogen and oxygen atoms in total. The summed E-state index contributed by atoms with van der Waals surface area (Å²) in [6.45, 7) is 2.85. The van der Waals surface area contributed by atoms with Crippen molar-refractivity contribution in [3.8, 4) is 0 Å². The van der Waals surface area contributed by atoms with Gasteiger partial charge in [-0.05, 0) is 35.3 Å². The second-order valence-electron chi connectivity index (χ2n) is 4.95. The molecule has 0 saturated carbocycles. The summed E-state index contributed by atoms with van der Waals surface area (Å²) in [6, 6.07) is 2.94. The fourth-order valence-electron chi connectivity index (χ4n) is 2.30. The molecule has 2 rings (SSSR count). The molecule has 0 atom stereocenters. The van der Waals surface area contributed by atoms with Crippen molar-refractivity contribution >= 4 is 11.5 Å². The van der Waals surface area contributed by atoms with E-state index >= 15 is 0 Å². The van der Waals surface area contributed by atoms with Gasteiger partial charge in [-0.15, -0.1) is 0 Å². The quantitative estimate of drug-likeness (QED) is 0.667. The highest BCUT2D eigenvalue weighted by atomic mass is 19.4. The maximum atomic E-state index is 12.7. The van der Waals surface area contributed by atoms with Crippen molar-refractivity contribution in [2.75, 3.05) is 13.1 Å². The first-order valence-corrected chi connectivity index (χ1v) is 6.24. The van der Waals surface area contributed by atoms with E-state index in [0.29, 0.717) is 10.5 Å². The van der Waals surface area contributed by atoms with Crippen LogP contribution in [0.15, 0.2) is 24.8 Å². The highest BCUT2D eigenvalue weighted by Gasteiger charge is 2.43. The molecule has 8 heteroatoms. The minimum absolute atomic E-state index is 0.0360. The molecular weight excluding hydrogens is 312 g/mol. The molecule has 1 aromatic rings. The van der Waals surface area contributed by atoms with E-state index in [9.17, 15) is 31.1 Å². The Hall–Kier alpha value is -1.99. The summed E-state index contributed by atoms with van der Waals surface area (Å²) in [5.74, 6) is -2.02. The van der Waals surface area contributed by atoms with Crippen molar-refractivity contribution in [3.63, 3.8) is 0 Å². The van der Waals surface area contributed by atoms with Crippen LogP contribution in [0.25, 0.3) is 5.57 Å². The maximum absolute atomic E-state index is 12.7. The van der Waals surface area contributed by atoms with E-state index in [0.717, 1.165) is 12.1 Å². The molecule has 0 radical (unpaired) electrons. The first-order chi connectivity index (χ1) is 10.00. The number of rotatable bonds is 0. The molecule has 0 unspecified atom stereocenters. The number of benzene rings is 1. The third kappa shape index (κ3) is 3.26. The van der Waals surface area contributed by atoms with Gasteiger partial charge in [0.05, 0.1) is 5.56 Å². The number of alkyl halides is 6. The van der Waals surface area contributed by atoms with E-state index in [1.165, 1.54) is 6.07 Å². The summed E-state index contributed by atoms with van der Waals surface area (Å²) in [5.41, 5.74) is -0.262. The van der Waals surface area contributed by atoms with Gasteiger partial charge < -0.3 is 4.90 Å². The Morgan fingerprint density at radius 2 is 1.77 bits per heavy atom. The van der Waals surface area contributed by atoms with E-state index in [-0.39, 0.29) is 24.1 Å². The monoisotopic (exact) mass is 323 g/mol. The Labute approximate surface area is 122 Å². The molecule has 0 saturated heterocycles. The number of carbonyl (C=O) groups excluding carboxylic acids is 1. The minimum Gasteiger partial charge on any atom is -0.330 e. The third-order valence-corrected chi connectivity index (χ3v) is 3.38. The highest BCUT2D eigenvalue weighted by molar-refractivity contribution is 5.84. The van der Waals surface area contributed by atoms with E-state index in [1.807, 2.05) is 0 Å². The van der Waals surface area contributed by atoms with Crippen LogP contribution in [0.4, 0.5) is 26.3 Å². The predicted molar refractivity (Wildman–Crippen MR) is 66.8 cm³/mol. The molecular formula is C14H11F6NO. The molecule has 0 fully saturated rings. The van der Waals surface area contributed by atoms with Gasteiger partial charge in [0.25, 0.3) is 0 Å². The van der Waals surface area contributed by atoms with Gasteiger partial charge >= 0.3 is 18.3 Å². The Kier molecular flexibility index (Phi) is 3.97. The van der Waals surface area contributed by atoms with E-state index in [4.69, 9.17) is 0 Å². The molecule has 0 aliphatic carbocycles. The number of amides is 1. The second-order valence-corrected chi connectivity index (χ2v) is 4.95. The lowest BCUT2D eigenvalue weighted by Gasteiger charge is -2.22. The molecule has 0 aromatic heterocycles. The van der Waals surface area contributed by atoms with Crippen molar-refractivity contribution in [3.05, 3.63) is 41.5 Å². The van der Waals surface area contributed by atoms with Gasteiger partial charge in [-0.2, -0.15) is 26.3 Å². The van der Waals surface area contributed by atoms with E-state index in [1.54, 1.807) is 0 Å². The van der Waals surface area contributed by atoms with E-state index in [2.05, 4.69) is 6.58 Å². The van der Waals surface area contributed by atoms with Gasteiger partial charge in [-0.1, -0.05) is 12.6 Å². The SMILES string of the molecule is C=C1CN(C(=O)C(F)(F)F)CCc2ccc(C(F)(F)F)cc21. The number of nitrogens with zero attached hydrogens (tertiary/aromatic N) is 1. The molecule has 0 N–H and O–H groups in total. The largest absolute Gasteiger partial charge is 0.471 e. The van der Waals surface area contributed by atoms with Gasteiger partial charge in [0.2, 0.25) is 0 Å². The zero-order chi connectivity index (χ0) is 16.7. The van der Waals surface area contributed by atoms with Gasteiger partial charge in [-0.25, -0.2) is 0 Å². The minimum atomic E-state index is -5.02. The molecule has 0 bridgehead atoms. The van der Waals surface area contributed by atoms with Crippen molar-refractivity contribution in [1.29, 1.82) is 0 Å². The van der Waals surface area contributed by atoms with Gasteiger partial charge in [0, 0.05) is 13.1 Å². The zero-order valence-electron chi connectivity index (χ0n) is 11.2.